The molecule has 5 rings (SSSR count). The van der Waals surface area contributed by atoms with Crippen molar-refractivity contribution in [3.8, 4) is 28.7 Å². The van der Waals surface area contributed by atoms with Crippen molar-refractivity contribution >= 4 is 11.6 Å². The van der Waals surface area contributed by atoms with Crippen molar-refractivity contribution in [2.24, 2.45) is 0 Å². The van der Waals surface area contributed by atoms with Crippen molar-refractivity contribution in [2.45, 2.75) is 26.2 Å². The molecule has 3 aromatic heterocycles. The third-order valence-corrected chi connectivity index (χ3v) is 5.07. The maximum absolute atomic E-state index is 6.32. The zero-order valence-corrected chi connectivity index (χ0v) is 16.8. The minimum atomic E-state index is -0.200. The lowest BCUT2D eigenvalue weighted by molar-refractivity contribution is -0.00119. The molecule has 0 saturated heterocycles. The number of hydrogen-bond donors (Lipinski definition) is 0. The second kappa shape index (κ2) is 7.85. The van der Waals surface area contributed by atoms with E-state index in [4.69, 9.17) is 25.6 Å². The highest BCUT2D eigenvalue weighted by molar-refractivity contribution is 6.32. The zero-order chi connectivity index (χ0) is 20.5. The summed E-state index contributed by atoms with van der Waals surface area (Å²) < 4.78 is 18.7. The molecule has 152 valence electrons. The Morgan fingerprint density at radius 2 is 2.23 bits per heavy atom. The first kappa shape index (κ1) is 18.7. The summed E-state index contributed by atoms with van der Waals surface area (Å²) in [6, 6.07) is 9.33. The topological polar surface area (TPSA) is 101 Å². The highest BCUT2D eigenvalue weighted by Gasteiger charge is 2.28. The Morgan fingerprint density at radius 1 is 1.30 bits per heavy atom. The molecule has 1 unspecified atom stereocenters. The van der Waals surface area contributed by atoms with Crippen molar-refractivity contribution < 1.29 is 14.0 Å². The second-order valence-electron chi connectivity index (χ2n) is 6.65. The number of aromatic nitrogens is 6. The maximum atomic E-state index is 6.32. The molecule has 4 aromatic rings. The number of hydrogen-bond acceptors (Lipinski definition) is 8. The van der Waals surface area contributed by atoms with Crippen LogP contribution < -0.4 is 4.74 Å². The lowest BCUT2D eigenvalue weighted by Gasteiger charge is -2.24. The van der Waals surface area contributed by atoms with Crippen LogP contribution in [-0.4, -0.2) is 36.7 Å². The molecule has 0 aliphatic carbocycles. The van der Waals surface area contributed by atoms with Crippen LogP contribution in [-0.2, 0) is 17.9 Å². The SMILES string of the molecule is CCOc1ccc(C2Cn3nnc(-c4nc(-c5cccnc5)no4)c3CO2)cc1Cl. The van der Waals surface area contributed by atoms with Crippen LogP contribution in [0.3, 0.4) is 0 Å². The van der Waals surface area contributed by atoms with Gasteiger partial charge < -0.3 is 14.0 Å². The molecule has 1 aromatic carbocycles. The molecule has 10 heteroatoms. The van der Waals surface area contributed by atoms with E-state index in [1.165, 1.54) is 0 Å². The average molecular weight is 425 g/mol. The highest BCUT2D eigenvalue weighted by atomic mass is 35.5. The molecule has 0 saturated carbocycles. The Hall–Kier alpha value is -3.30. The van der Waals surface area contributed by atoms with Crippen LogP contribution in [0.25, 0.3) is 23.0 Å². The number of rotatable bonds is 5. The van der Waals surface area contributed by atoms with E-state index in [2.05, 4.69) is 25.4 Å². The van der Waals surface area contributed by atoms with E-state index in [1.807, 2.05) is 37.3 Å². The molecule has 0 bridgehead atoms. The van der Waals surface area contributed by atoms with Crippen molar-refractivity contribution in [1.29, 1.82) is 0 Å². The molecule has 0 amide bonds. The average Bonchev–Trinajstić information content (AvgIpc) is 3.42. The molecule has 4 heterocycles. The monoisotopic (exact) mass is 424 g/mol. The number of ether oxygens (including phenoxy) is 2. The number of pyridine rings is 1. The van der Waals surface area contributed by atoms with Gasteiger partial charge in [0.05, 0.1) is 30.5 Å². The van der Waals surface area contributed by atoms with E-state index in [-0.39, 0.29) is 6.10 Å². The van der Waals surface area contributed by atoms with Crippen molar-refractivity contribution in [1.82, 2.24) is 30.1 Å². The van der Waals surface area contributed by atoms with Crippen molar-refractivity contribution in [3.63, 3.8) is 0 Å². The third kappa shape index (κ3) is 3.42. The summed E-state index contributed by atoms with van der Waals surface area (Å²) in [5, 5.41) is 13.1. The van der Waals surface area contributed by atoms with Crippen LogP contribution in [0.2, 0.25) is 5.02 Å². The minimum absolute atomic E-state index is 0.200. The van der Waals surface area contributed by atoms with Gasteiger partial charge >= 0.3 is 0 Å². The molecule has 1 atom stereocenters. The van der Waals surface area contributed by atoms with Crippen LogP contribution in [0, 0.1) is 0 Å². The van der Waals surface area contributed by atoms with E-state index >= 15 is 0 Å². The summed E-state index contributed by atoms with van der Waals surface area (Å²) in [6.45, 7) is 3.28. The Labute approximate surface area is 176 Å². The molecule has 0 spiro atoms. The number of nitrogens with zero attached hydrogens (tertiary/aromatic N) is 6. The van der Waals surface area contributed by atoms with Gasteiger partial charge in [0.1, 0.15) is 11.9 Å². The van der Waals surface area contributed by atoms with Crippen LogP contribution >= 0.6 is 11.6 Å². The Balaban J connectivity index is 1.38. The molecule has 30 heavy (non-hydrogen) atoms. The Morgan fingerprint density at radius 3 is 3.03 bits per heavy atom. The summed E-state index contributed by atoms with van der Waals surface area (Å²) >= 11 is 6.32. The standard InChI is InChI=1S/C20H17ClN6O3/c1-2-28-16-6-5-12(8-14(16)21)17-10-27-15(11-29-17)18(24-26-27)20-23-19(25-30-20)13-4-3-7-22-9-13/h3-9,17H,2,10-11H2,1H3. The zero-order valence-electron chi connectivity index (χ0n) is 16.0. The van der Waals surface area contributed by atoms with Gasteiger partial charge in [0.2, 0.25) is 5.82 Å². The number of benzene rings is 1. The smallest absolute Gasteiger partial charge is 0.280 e. The quantitative estimate of drug-likeness (QED) is 0.477. The van der Waals surface area contributed by atoms with E-state index in [1.54, 1.807) is 17.1 Å². The van der Waals surface area contributed by atoms with Gasteiger partial charge in [0.25, 0.3) is 5.89 Å². The fourth-order valence-electron chi connectivity index (χ4n) is 3.30. The molecular weight excluding hydrogens is 408 g/mol. The largest absolute Gasteiger partial charge is 0.492 e. The van der Waals surface area contributed by atoms with Crippen LogP contribution in [0.4, 0.5) is 0 Å². The van der Waals surface area contributed by atoms with Gasteiger partial charge in [-0.25, -0.2) is 4.68 Å². The molecule has 1 aliphatic rings. The minimum Gasteiger partial charge on any atom is -0.492 e. The van der Waals surface area contributed by atoms with Gasteiger partial charge in [-0.3, -0.25) is 4.98 Å². The van der Waals surface area contributed by atoms with Crippen LogP contribution in [0.15, 0.2) is 47.2 Å². The summed E-state index contributed by atoms with van der Waals surface area (Å²) in [4.78, 5) is 8.50. The normalized spacial score (nSPS) is 15.7. The van der Waals surface area contributed by atoms with Crippen molar-refractivity contribution in [3.05, 3.63) is 59.0 Å². The Bertz CT molecular complexity index is 1180. The summed E-state index contributed by atoms with van der Waals surface area (Å²) in [5.41, 5.74) is 3.01. The van der Waals surface area contributed by atoms with Crippen LogP contribution in [0.1, 0.15) is 24.3 Å². The van der Waals surface area contributed by atoms with E-state index < -0.39 is 0 Å². The number of halogens is 1. The van der Waals surface area contributed by atoms with Gasteiger partial charge in [0, 0.05) is 18.0 Å². The molecule has 0 radical (unpaired) electrons. The van der Waals surface area contributed by atoms with Gasteiger partial charge in [-0.15, -0.1) is 5.10 Å². The second-order valence-corrected chi connectivity index (χ2v) is 7.06. The predicted octanol–water partition coefficient (Wildman–Crippen LogP) is 3.71. The first-order chi connectivity index (χ1) is 14.7. The maximum Gasteiger partial charge on any atom is 0.280 e. The molecule has 9 nitrogen and oxygen atoms in total. The summed E-state index contributed by atoms with van der Waals surface area (Å²) in [6.07, 6.45) is 3.16. The van der Waals surface area contributed by atoms with Crippen LogP contribution in [0.5, 0.6) is 5.75 Å². The predicted molar refractivity (Wildman–Crippen MR) is 107 cm³/mol. The molecule has 0 fully saturated rings. The van der Waals surface area contributed by atoms with Gasteiger partial charge in [0.15, 0.2) is 5.69 Å². The summed E-state index contributed by atoms with van der Waals surface area (Å²) in [7, 11) is 0. The fraction of sp³-hybridized carbons (Fsp3) is 0.250. The summed E-state index contributed by atoms with van der Waals surface area (Å²) in [5.74, 6) is 1.39. The Kier molecular flexibility index (Phi) is 4.89. The molecular formula is C20H17ClN6O3. The first-order valence-corrected chi connectivity index (χ1v) is 9.81. The van der Waals surface area contributed by atoms with Gasteiger partial charge in [-0.2, -0.15) is 4.98 Å². The first-order valence-electron chi connectivity index (χ1n) is 9.43. The lowest BCUT2D eigenvalue weighted by Crippen LogP contribution is -2.22. The third-order valence-electron chi connectivity index (χ3n) is 4.77. The lowest BCUT2D eigenvalue weighted by atomic mass is 10.1. The molecule has 0 N–H and O–H groups in total. The fourth-order valence-corrected chi connectivity index (χ4v) is 3.54. The molecule has 1 aliphatic heterocycles. The van der Waals surface area contributed by atoms with Gasteiger partial charge in [-0.1, -0.05) is 28.0 Å². The van der Waals surface area contributed by atoms with E-state index in [0.29, 0.717) is 47.9 Å². The van der Waals surface area contributed by atoms with Gasteiger partial charge in [-0.05, 0) is 36.8 Å². The van der Waals surface area contributed by atoms with E-state index in [9.17, 15) is 0 Å². The highest BCUT2D eigenvalue weighted by Crippen LogP contribution is 2.34. The number of fused-ring (bicyclic) bond motifs is 1. The van der Waals surface area contributed by atoms with Crippen molar-refractivity contribution in [2.75, 3.05) is 6.61 Å². The van der Waals surface area contributed by atoms with E-state index in [0.717, 1.165) is 16.8 Å².